The van der Waals surface area contributed by atoms with Crippen molar-refractivity contribution < 1.29 is 42.5 Å². The van der Waals surface area contributed by atoms with Crippen LogP contribution >= 0.6 is 0 Å². The van der Waals surface area contributed by atoms with Crippen molar-refractivity contribution in [3.8, 4) is 0 Å². The van der Waals surface area contributed by atoms with Crippen molar-refractivity contribution in [1.29, 1.82) is 0 Å². The number of aliphatic hydroxyl groups is 1. The highest BCUT2D eigenvalue weighted by atomic mass is 19.1. The number of hydrogen-bond acceptors (Lipinski definition) is 10. The van der Waals surface area contributed by atoms with Gasteiger partial charge in [-0.2, -0.15) is 0 Å². The molecule has 0 aliphatic carbocycles. The Hall–Kier alpha value is -4.21. The summed E-state index contributed by atoms with van der Waals surface area (Å²) in [6.45, 7) is 9.73. The standard InChI is InChI=1S/C19H26FN3O5.C15H20FN3O2/c1-3-14-11-23(19(26)28-14)13-4-5-16(15(20)10-13)21-6-8-22(9-7-21)18(25)17(24)12-27-2;1-2-12-10-19(15(20)21-12)11-3-4-14(13(16)9-11)18-7-5-17-6-8-18/h4-5,10,14,17,24H,3,6-9,11-12H2,1-2H3;3-4,9,12,17H,2,5-8,10H2,1H3/t14-,17?;12-/m00/s1. The van der Waals surface area contributed by atoms with Crippen molar-refractivity contribution in [3.63, 3.8) is 0 Å². The lowest BCUT2D eigenvalue weighted by molar-refractivity contribution is -0.143. The second kappa shape index (κ2) is 16.5. The Bertz CT molecular complexity index is 1470. The molecule has 3 amide bonds. The second-order valence-electron chi connectivity index (χ2n) is 12.3. The van der Waals surface area contributed by atoms with Gasteiger partial charge in [-0.05, 0) is 49.2 Å². The van der Waals surface area contributed by atoms with E-state index in [4.69, 9.17) is 14.2 Å². The number of amides is 3. The molecular weight excluding hydrogens is 642 g/mol. The van der Waals surface area contributed by atoms with E-state index in [2.05, 4.69) is 5.32 Å². The first-order valence-electron chi connectivity index (χ1n) is 16.8. The Balaban J connectivity index is 0.000000199. The number of cyclic esters (lactones) is 2. The average molecular weight is 689 g/mol. The van der Waals surface area contributed by atoms with Crippen LogP contribution in [0.2, 0.25) is 0 Å². The van der Waals surface area contributed by atoms with Gasteiger partial charge in [-0.25, -0.2) is 18.4 Å². The maximum atomic E-state index is 14.7. The van der Waals surface area contributed by atoms with Gasteiger partial charge in [-0.1, -0.05) is 13.8 Å². The van der Waals surface area contributed by atoms with Gasteiger partial charge in [0.25, 0.3) is 5.91 Å². The molecule has 0 aromatic heterocycles. The van der Waals surface area contributed by atoms with Crippen molar-refractivity contribution in [3.05, 3.63) is 48.0 Å². The smallest absolute Gasteiger partial charge is 0.414 e. The summed E-state index contributed by atoms with van der Waals surface area (Å²) < 4.78 is 44.3. The van der Waals surface area contributed by atoms with Crippen molar-refractivity contribution in [2.24, 2.45) is 0 Å². The molecule has 49 heavy (non-hydrogen) atoms. The molecule has 4 saturated heterocycles. The molecule has 4 aliphatic heterocycles. The van der Waals surface area contributed by atoms with E-state index in [1.54, 1.807) is 29.2 Å². The Kier molecular flexibility index (Phi) is 12.1. The van der Waals surface area contributed by atoms with Crippen LogP contribution in [0.25, 0.3) is 0 Å². The molecule has 0 saturated carbocycles. The Morgan fingerprint density at radius 2 is 1.31 bits per heavy atom. The highest BCUT2D eigenvalue weighted by Crippen LogP contribution is 2.30. The van der Waals surface area contributed by atoms with Crippen LogP contribution in [0.1, 0.15) is 26.7 Å². The SMILES string of the molecule is CC[C@H]1CN(c2ccc(N3CCN(C(=O)C(O)COC)CC3)c(F)c2)C(=O)O1.CC[C@H]1CN(c2ccc(N3CCNCC3)c(F)c2)C(=O)O1. The van der Waals surface area contributed by atoms with E-state index < -0.39 is 24.1 Å². The van der Waals surface area contributed by atoms with Crippen LogP contribution in [0.4, 0.5) is 41.1 Å². The summed E-state index contributed by atoms with van der Waals surface area (Å²) in [4.78, 5) is 44.2. The maximum Gasteiger partial charge on any atom is 0.414 e. The summed E-state index contributed by atoms with van der Waals surface area (Å²) in [6.07, 6.45) is -0.826. The number of nitrogens with zero attached hydrogens (tertiary/aromatic N) is 5. The van der Waals surface area contributed by atoms with Crippen LogP contribution in [-0.4, -0.2) is 126 Å². The maximum absolute atomic E-state index is 14.7. The molecule has 0 spiro atoms. The Morgan fingerprint density at radius 1 is 0.837 bits per heavy atom. The lowest BCUT2D eigenvalue weighted by Gasteiger charge is -2.37. The summed E-state index contributed by atoms with van der Waals surface area (Å²) in [5, 5.41) is 13.0. The number of rotatable bonds is 9. The quantitative estimate of drug-likeness (QED) is 0.406. The Morgan fingerprint density at radius 3 is 1.71 bits per heavy atom. The van der Waals surface area contributed by atoms with Crippen LogP contribution < -0.4 is 24.9 Å². The van der Waals surface area contributed by atoms with Crippen LogP contribution in [0.5, 0.6) is 0 Å². The molecule has 268 valence electrons. The minimum Gasteiger partial charge on any atom is -0.444 e. The highest BCUT2D eigenvalue weighted by molar-refractivity contribution is 5.90. The third-order valence-corrected chi connectivity index (χ3v) is 9.14. The minimum atomic E-state index is -1.18. The number of anilines is 4. The number of aliphatic hydroxyl groups excluding tert-OH is 1. The number of nitrogens with one attached hydrogen (secondary N) is 1. The zero-order chi connectivity index (χ0) is 35.1. The van der Waals surface area contributed by atoms with E-state index in [9.17, 15) is 28.3 Å². The summed E-state index contributed by atoms with van der Waals surface area (Å²) in [6, 6.07) is 9.67. The number of carbonyl (C=O) groups excluding carboxylic acids is 3. The number of halogens is 2. The van der Waals surface area contributed by atoms with Gasteiger partial charge in [0.05, 0.1) is 42.4 Å². The largest absolute Gasteiger partial charge is 0.444 e. The summed E-state index contributed by atoms with van der Waals surface area (Å²) in [5.41, 5.74) is 2.05. The lowest BCUT2D eigenvalue weighted by Crippen LogP contribution is -2.52. The first-order valence-corrected chi connectivity index (χ1v) is 16.8. The van der Waals surface area contributed by atoms with Gasteiger partial charge in [0, 0.05) is 59.5 Å². The molecule has 4 fully saturated rings. The topological polar surface area (TPSA) is 127 Å². The fraction of sp³-hybridized carbons (Fsp3) is 0.559. The Labute approximate surface area is 285 Å². The number of ether oxygens (including phenoxy) is 3. The molecule has 4 aliphatic rings. The predicted octanol–water partition coefficient (Wildman–Crippen LogP) is 3.19. The molecule has 4 heterocycles. The third kappa shape index (κ3) is 8.51. The van der Waals surface area contributed by atoms with E-state index in [1.165, 1.54) is 29.0 Å². The molecule has 15 heteroatoms. The molecule has 1 unspecified atom stereocenters. The van der Waals surface area contributed by atoms with Crippen LogP contribution in [0, 0.1) is 11.6 Å². The molecular formula is C34H46F2N6O7. The fourth-order valence-electron chi connectivity index (χ4n) is 6.24. The fourth-order valence-corrected chi connectivity index (χ4v) is 6.24. The van der Waals surface area contributed by atoms with Crippen molar-refractivity contribution in [2.45, 2.75) is 45.0 Å². The zero-order valence-electron chi connectivity index (χ0n) is 28.3. The predicted molar refractivity (Wildman–Crippen MR) is 180 cm³/mol. The van der Waals surface area contributed by atoms with Crippen molar-refractivity contribution in [2.75, 3.05) is 98.8 Å². The summed E-state index contributed by atoms with van der Waals surface area (Å²) in [5.74, 6) is -1.10. The molecule has 2 aromatic rings. The number of carbonyl (C=O) groups is 3. The normalized spacial score (nSPS) is 21.7. The number of piperazine rings is 2. The van der Waals surface area contributed by atoms with Crippen LogP contribution in [-0.2, 0) is 19.0 Å². The van der Waals surface area contributed by atoms with Gasteiger partial charge in [-0.3, -0.25) is 14.6 Å². The molecule has 0 bridgehead atoms. The summed E-state index contributed by atoms with van der Waals surface area (Å²) >= 11 is 0. The number of benzene rings is 2. The zero-order valence-corrected chi connectivity index (χ0v) is 28.3. The highest BCUT2D eigenvalue weighted by Gasteiger charge is 2.33. The number of methoxy groups -OCH3 is 1. The molecule has 13 nitrogen and oxygen atoms in total. The van der Waals surface area contributed by atoms with Crippen molar-refractivity contribution in [1.82, 2.24) is 10.2 Å². The van der Waals surface area contributed by atoms with Crippen molar-refractivity contribution >= 4 is 40.8 Å². The monoisotopic (exact) mass is 688 g/mol. The second-order valence-corrected chi connectivity index (χ2v) is 12.3. The van der Waals surface area contributed by atoms with Gasteiger partial charge >= 0.3 is 12.2 Å². The van der Waals surface area contributed by atoms with Gasteiger partial charge < -0.3 is 39.3 Å². The first-order chi connectivity index (χ1) is 23.6. The molecule has 0 radical (unpaired) electrons. The average Bonchev–Trinajstić information content (AvgIpc) is 3.70. The van der Waals surface area contributed by atoms with E-state index in [-0.39, 0.29) is 30.5 Å². The number of hydrogen-bond donors (Lipinski definition) is 2. The van der Waals surface area contributed by atoms with E-state index in [1.807, 2.05) is 23.6 Å². The van der Waals surface area contributed by atoms with E-state index in [0.29, 0.717) is 68.4 Å². The van der Waals surface area contributed by atoms with E-state index >= 15 is 0 Å². The minimum absolute atomic E-state index is 0.0487. The van der Waals surface area contributed by atoms with Gasteiger partial charge in [0.2, 0.25) is 0 Å². The molecule has 2 aromatic carbocycles. The third-order valence-electron chi connectivity index (χ3n) is 9.14. The molecule has 2 N–H and O–H groups in total. The van der Waals surface area contributed by atoms with Crippen LogP contribution in [0.3, 0.4) is 0 Å². The first kappa shape index (κ1) is 36.1. The van der Waals surface area contributed by atoms with Gasteiger partial charge in [-0.15, -0.1) is 0 Å². The molecule has 6 rings (SSSR count). The van der Waals surface area contributed by atoms with Gasteiger partial charge in [0.15, 0.2) is 6.10 Å². The lowest BCUT2D eigenvalue weighted by atomic mass is 10.2. The van der Waals surface area contributed by atoms with Gasteiger partial charge in [0.1, 0.15) is 23.8 Å². The van der Waals surface area contributed by atoms with E-state index in [0.717, 1.165) is 32.6 Å². The summed E-state index contributed by atoms with van der Waals surface area (Å²) in [7, 11) is 1.42. The van der Waals surface area contributed by atoms with Crippen LogP contribution in [0.15, 0.2) is 36.4 Å². The molecule has 3 atom stereocenters.